The van der Waals surface area contributed by atoms with Gasteiger partial charge in [0, 0.05) is 32.0 Å². The number of aromatic nitrogens is 2. The van der Waals surface area contributed by atoms with Crippen molar-refractivity contribution in [3.8, 4) is 5.75 Å². The van der Waals surface area contributed by atoms with Gasteiger partial charge in [0.15, 0.2) is 0 Å². The summed E-state index contributed by atoms with van der Waals surface area (Å²) in [7, 11) is 3.87. The first-order valence-electron chi connectivity index (χ1n) is 9.83. The predicted octanol–water partition coefficient (Wildman–Crippen LogP) is 2.37. The van der Waals surface area contributed by atoms with E-state index in [9.17, 15) is 4.79 Å². The molecule has 1 N–H and O–H groups in total. The molecule has 1 aromatic carbocycles. The molecule has 1 aliphatic heterocycles. The van der Waals surface area contributed by atoms with Crippen LogP contribution in [0.15, 0.2) is 36.7 Å². The van der Waals surface area contributed by atoms with Crippen molar-refractivity contribution >= 4 is 5.97 Å². The van der Waals surface area contributed by atoms with Crippen molar-refractivity contribution in [1.29, 1.82) is 0 Å². The van der Waals surface area contributed by atoms with Crippen LogP contribution in [0.25, 0.3) is 0 Å². The minimum atomic E-state index is -0.756. The third-order valence-corrected chi connectivity index (χ3v) is 5.42. The second-order valence-electron chi connectivity index (χ2n) is 7.56. The molecule has 3 rings (SSSR count). The summed E-state index contributed by atoms with van der Waals surface area (Å²) in [6.45, 7) is 3.53. The van der Waals surface area contributed by atoms with E-state index in [1.54, 1.807) is 6.20 Å². The fourth-order valence-corrected chi connectivity index (χ4v) is 3.71. The quantitative estimate of drug-likeness (QED) is 0.751. The molecule has 1 aromatic heterocycles. The lowest BCUT2D eigenvalue weighted by molar-refractivity contribution is -0.138. The standard InChI is InChI=1S/C21H30N4O3/c1-23-13-10-22-20(23)16-28-19-7-5-17(6-8-19)14-25-11-3-4-18(9-12-25)24(2)15-21(26)27/h5-8,10,13,18H,3-4,9,11-12,14-16H2,1-2H3,(H,26,27). The van der Waals surface area contributed by atoms with Crippen molar-refractivity contribution in [2.24, 2.45) is 7.05 Å². The van der Waals surface area contributed by atoms with Gasteiger partial charge in [0.2, 0.25) is 0 Å². The summed E-state index contributed by atoms with van der Waals surface area (Å²) in [5.41, 5.74) is 1.27. The van der Waals surface area contributed by atoms with Gasteiger partial charge < -0.3 is 14.4 Å². The Bertz CT molecular complexity index is 759. The largest absolute Gasteiger partial charge is 0.486 e. The minimum absolute atomic E-state index is 0.115. The zero-order valence-electron chi connectivity index (χ0n) is 16.8. The Labute approximate surface area is 166 Å². The van der Waals surface area contributed by atoms with Gasteiger partial charge in [-0.1, -0.05) is 12.1 Å². The topological polar surface area (TPSA) is 70.8 Å². The van der Waals surface area contributed by atoms with Crippen LogP contribution >= 0.6 is 0 Å². The smallest absolute Gasteiger partial charge is 0.317 e. The molecule has 152 valence electrons. The predicted molar refractivity (Wildman–Crippen MR) is 107 cm³/mol. The van der Waals surface area contributed by atoms with Gasteiger partial charge in [-0.2, -0.15) is 0 Å². The number of ether oxygens (including phenoxy) is 1. The second-order valence-corrected chi connectivity index (χ2v) is 7.56. The highest BCUT2D eigenvalue weighted by molar-refractivity contribution is 5.69. The first-order chi connectivity index (χ1) is 13.5. The molecular formula is C21H30N4O3. The van der Waals surface area contributed by atoms with E-state index in [0.29, 0.717) is 12.6 Å². The van der Waals surface area contributed by atoms with E-state index in [2.05, 4.69) is 22.0 Å². The van der Waals surface area contributed by atoms with E-state index in [1.807, 2.05) is 41.9 Å². The fourth-order valence-electron chi connectivity index (χ4n) is 3.71. The summed E-state index contributed by atoms with van der Waals surface area (Å²) in [6, 6.07) is 8.61. The van der Waals surface area contributed by atoms with Gasteiger partial charge in [-0.05, 0) is 57.1 Å². The van der Waals surface area contributed by atoms with Crippen LogP contribution in [0.1, 0.15) is 30.7 Å². The molecule has 7 nitrogen and oxygen atoms in total. The number of imidazole rings is 1. The first kappa shape index (κ1) is 20.4. The molecule has 1 atom stereocenters. The third kappa shape index (κ3) is 5.81. The van der Waals surface area contributed by atoms with Gasteiger partial charge in [0.05, 0.1) is 6.54 Å². The lowest BCUT2D eigenvalue weighted by atomic mass is 10.1. The molecular weight excluding hydrogens is 356 g/mol. The van der Waals surface area contributed by atoms with Crippen LogP contribution in [0, 0.1) is 0 Å². The summed E-state index contributed by atoms with van der Waals surface area (Å²) in [5, 5.41) is 8.99. The van der Waals surface area contributed by atoms with E-state index in [4.69, 9.17) is 9.84 Å². The van der Waals surface area contributed by atoms with Crippen LogP contribution in [0.3, 0.4) is 0 Å². The summed E-state index contributed by atoms with van der Waals surface area (Å²) in [6.07, 6.45) is 6.84. The molecule has 0 aliphatic carbocycles. The average Bonchev–Trinajstić information content (AvgIpc) is 2.93. The molecule has 1 unspecified atom stereocenters. The van der Waals surface area contributed by atoms with Crippen molar-refractivity contribution in [1.82, 2.24) is 19.4 Å². The number of aryl methyl sites for hydroxylation is 1. The highest BCUT2D eigenvalue weighted by Crippen LogP contribution is 2.19. The Hall–Kier alpha value is -2.38. The first-order valence-corrected chi connectivity index (χ1v) is 9.83. The fraction of sp³-hybridized carbons (Fsp3) is 0.524. The summed E-state index contributed by atoms with van der Waals surface area (Å²) >= 11 is 0. The molecule has 2 heterocycles. The Morgan fingerprint density at radius 2 is 2.07 bits per heavy atom. The Morgan fingerprint density at radius 1 is 1.29 bits per heavy atom. The van der Waals surface area contributed by atoms with Gasteiger partial charge in [-0.25, -0.2) is 4.98 Å². The van der Waals surface area contributed by atoms with Crippen LogP contribution in [0.5, 0.6) is 5.75 Å². The average molecular weight is 386 g/mol. The van der Waals surface area contributed by atoms with Crippen molar-refractivity contribution < 1.29 is 14.6 Å². The lowest BCUT2D eigenvalue weighted by Gasteiger charge is -2.25. The number of nitrogens with zero attached hydrogens (tertiary/aromatic N) is 4. The van der Waals surface area contributed by atoms with Gasteiger partial charge >= 0.3 is 5.97 Å². The van der Waals surface area contributed by atoms with E-state index < -0.39 is 5.97 Å². The second kappa shape index (κ2) is 9.71. The summed E-state index contributed by atoms with van der Waals surface area (Å²) < 4.78 is 7.77. The van der Waals surface area contributed by atoms with Crippen LogP contribution in [-0.2, 0) is 25.0 Å². The van der Waals surface area contributed by atoms with Crippen molar-refractivity contribution in [3.05, 3.63) is 48.0 Å². The minimum Gasteiger partial charge on any atom is -0.486 e. The van der Waals surface area contributed by atoms with Crippen molar-refractivity contribution in [3.63, 3.8) is 0 Å². The highest BCUT2D eigenvalue weighted by Gasteiger charge is 2.21. The third-order valence-electron chi connectivity index (χ3n) is 5.42. The number of likely N-dealkylation sites (tertiary alicyclic amines) is 1. The monoisotopic (exact) mass is 386 g/mol. The van der Waals surface area contributed by atoms with E-state index in [-0.39, 0.29) is 6.54 Å². The van der Waals surface area contributed by atoms with Crippen molar-refractivity contribution in [2.75, 3.05) is 26.7 Å². The van der Waals surface area contributed by atoms with Crippen LogP contribution < -0.4 is 4.74 Å². The van der Waals surface area contributed by atoms with E-state index in [1.165, 1.54) is 5.56 Å². The molecule has 1 saturated heterocycles. The molecule has 0 amide bonds. The molecule has 1 fully saturated rings. The molecule has 0 spiro atoms. The summed E-state index contributed by atoms with van der Waals surface area (Å²) in [5.74, 6) is 0.989. The number of aliphatic carboxylic acids is 1. The number of carboxylic acids is 1. The maximum Gasteiger partial charge on any atom is 0.317 e. The number of benzene rings is 1. The van der Waals surface area contributed by atoms with E-state index in [0.717, 1.165) is 50.5 Å². The molecule has 1 aliphatic rings. The SMILES string of the molecule is CN(CC(=O)O)C1CCCN(Cc2ccc(OCc3nccn3C)cc2)CC1. The molecule has 0 bridgehead atoms. The van der Waals surface area contributed by atoms with Crippen LogP contribution in [-0.4, -0.2) is 63.2 Å². The molecule has 0 radical (unpaired) electrons. The molecule has 2 aromatic rings. The van der Waals surface area contributed by atoms with Gasteiger partial charge in [0.25, 0.3) is 0 Å². The van der Waals surface area contributed by atoms with Crippen molar-refractivity contribution in [2.45, 2.75) is 38.5 Å². The van der Waals surface area contributed by atoms with E-state index >= 15 is 0 Å². The number of carbonyl (C=O) groups is 1. The molecule has 28 heavy (non-hydrogen) atoms. The van der Waals surface area contributed by atoms with Gasteiger partial charge in [-0.3, -0.25) is 14.6 Å². The zero-order chi connectivity index (χ0) is 19.9. The van der Waals surface area contributed by atoms with Gasteiger partial charge in [0.1, 0.15) is 18.2 Å². The zero-order valence-corrected chi connectivity index (χ0v) is 16.8. The maximum absolute atomic E-state index is 10.9. The number of likely N-dealkylation sites (N-methyl/N-ethyl adjacent to an activating group) is 1. The van der Waals surface area contributed by atoms with Gasteiger partial charge in [-0.15, -0.1) is 0 Å². The van der Waals surface area contributed by atoms with Crippen LogP contribution in [0.4, 0.5) is 0 Å². The number of hydrogen-bond donors (Lipinski definition) is 1. The number of carboxylic acid groups (broad SMARTS) is 1. The molecule has 7 heteroatoms. The highest BCUT2D eigenvalue weighted by atomic mass is 16.5. The normalized spacial score (nSPS) is 18.2. The number of rotatable bonds is 8. The molecule has 0 saturated carbocycles. The Morgan fingerprint density at radius 3 is 2.75 bits per heavy atom. The summed E-state index contributed by atoms with van der Waals surface area (Å²) in [4.78, 5) is 19.6. The van der Waals surface area contributed by atoms with Crippen LogP contribution in [0.2, 0.25) is 0 Å². The maximum atomic E-state index is 10.9. The Kier molecular flexibility index (Phi) is 7.06. The lowest BCUT2D eigenvalue weighted by Crippen LogP contribution is -2.36. The number of hydrogen-bond acceptors (Lipinski definition) is 5. The Balaban J connectivity index is 1.47.